The van der Waals surface area contributed by atoms with Crippen molar-refractivity contribution < 1.29 is 9.59 Å². The highest BCUT2D eigenvalue weighted by Gasteiger charge is 2.15. The van der Waals surface area contributed by atoms with Crippen molar-refractivity contribution in [2.24, 2.45) is 0 Å². The Kier molecular flexibility index (Phi) is 8.38. The van der Waals surface area contributed by atoms with E-state index in [1.54, 1.807) is 42.9 Å². The molecule has 10 nitrogen and oxygen atoms in total. The van der Waals surface area contributed by atoms with Gasteiger partial charge in [0.1, 0.15) is 0 Å². The smallest absolute Gasteiger partial charge is 0.269 e. The van der Waals surface area contributed by atoms with Crippen LogP contribution < -0.4 is 16.2 Å². The maximum atomic E-state index is 12.8. The Labute approximate surface area is 233 Å². The maximum absolute atomic E-state index is 12.8. The number of amides is 2. The van der Waals surface area contributed by atoms with E-state index >= 15 is 0 Å². The van der Waals surface area contributed by atoms with Crippen molar-refractivity contribution in [1.82, 2.24) is 35.6 Å². The maximum Gasteiger partial charge on any atom is 0.269 e. The van der Waals surface area contributed by atoms with Crippen LogP contribution in [0.5, 0.6) is 0 Å². The third kappa shape index (κ3) is 6.85. The highest BCUT2D eigenvalue weighted by atomic mass is 16.2. The van der Waals surface area contributed by atoms with E-state index in [1.807, 2.05) is 43.3 Å². The molecule has 204 valence electrons. The van der Waals surface area contributed by atoms with Crippen LogP contribution in [0.1, 0.15) is 31.8 Å². The van der Waals surface area contributed by atoms with Crippen molar-refractivity contribution in [3.05, 3.63) is 102 Å². The van der Waals surface area contributed by atoms with Crippen LogP contribution in [0, 0.1) is 6.92 Å². The molecule has 3 N–H and O–H groups in total. The Morgan fingerprint density at radius 1 is 0.875 bits per heavy atom. The topological polar surface area (TPSA) is 115 Å². The first kappa shape index (κ1) is 26.9. The van der Waals surface area contributed by atoms with Crippen LogP contribution in [0.4, 0.5) is 11.6 Å². The molecule has 40 heavy (non-hydrogen) atoms. The van der Waals surface area contributed by atoms with Gasteiger partial charge < -0.3 is 10.2 Å². The molecule has 3 heterocycles. The molecule has 1 aliphatic heterocycles. The number of nitrogens with zero attached hydrogens (tertiary/aromatic N) is 5. The van der Waals surface area contributed by atoms with Crippen molar-refractivity contribution >= 4 is 23.5 Å². The van der Waals surface area contributed by atoms with Gasteiger partial charge in [0.15, 0.2) is 0 Å². The van der Waals surface area contributed by atoms with E-state index in [-0.39, 0.29) is 5.91 Å². The predicted molar refractivity (Wildman–Crippen MR) is 154 cm³/mol. The van der Waals surface area contributed by atoms with Crippen LogP contribution in [-0.2, 0) is 6.54 Å². The van der Waals surface area contributed by atoms with Crippen LogP contribution in [0.15, 0.2) is 79.3 Å². The summed E-state index contributed by atoms with van der Waals surface area (Å²) in [6.45, 7) is 6.97. The molecule has 10 heteroatoms. The van der Waals surface area contributed by atoms with E-state index in [1.165, 1.54) is 0 Å². The van der Waals surface area contributed by atoms with Crippen molar-refractivity contribution in [2.75, 3.05) is 38.5 Å². The van der Waals surface area contributed by atoms with Crippen LogP contribution in [-0.4, -0.2) is 69.8 Å². The minimum atomic E-state index is -0.437. The quantitative estimate of drug-likeness (QED) is 0.308. The fraction of sp³-hybridized carbons (Fsp3) is 0.233. The first-order valence-corrected chi connectivity index (χ1v) is 13.2. The van der Waals surface area contributed by atoms with Crippen molar-refractivity contribution in [2.45, 2.75) is 13.5 Å². The van der Waals surface area contributed by atoms with Gasteiger partial charge in [-0.3, -0.25) is 30.3 Å². The lowest BCUT2D eigenvalue weighted by Crippen LogP contribution is -2.43. The van der Waals surface area contributed by atoms with E-state index < -0.39 is 5.91 Å². The van der Waals surface area contributed by atoms with Crippen LogP contribution in [0.3, 0.4) is 0 Å². The van der Waals surface area contributed by atoms with Gasteiger partial charge in [0, 0.05) is 73.7 Å². The zero-order valence-corrected chi connectivity index (χ0v) is 22.6. The molecule has 1 aliphatic rings. The number of likely N-dealkylation sites (N-methyl/N-ethyl adjacent to an activating group) is 1. The van der Waals surface area contributed by atoms with Gasteiger partial charge >= 0.3 is 0 Å². The number of hydrogen-bond acceptors (Lipinski definition) is 8. The summed E-state index contributed by atoms with van der Waals surface area (Å²) >= 11 is 0. The molecule has 1 saturated heterocycles. The summed E-state index contributed by atoms with van der Waals surface area (Å²) in [7, 11) is 2.14. The molecule has 0 radical (unpaired) electrons. The largest absolute Gasteiger partial charge is 0.324 e. The number of benzene rings is 2. The number of pyridine rings is 1. The number of hydrogen-bond donors (Lipinski definition) is 3. The molecular formula is C30H32N8O2. The molecule has 0 saturated carbocycles. The Balaban J connectivity index is 1.18. The van der Waals surface area contributed by atoms with E-state index in [0.29, 0.717) is 22.8 Å². The molecule has 1 fully saturated rings. The number of carbonyl (C=O) groups is 2. The molecule has 2 amide bonds. The van der Waals surface area contributed by atoms with E-state index in [9.17, 15) is 9.59 Å². The molecule has 0 bridgehead atoms. The first-order chi connectivity index (χ1) is 19.4. The summed E-state index contributed by atoms with van der Waals surface area (Å²) in [5, 5.41) is 3.19. The lowest BCUT2D eigenvalue weighted by molar-refractivity contribution is 0.0846. The Bertz CT molecular complexity index is 1470. The summed E-state index contributed by atoms with van der Waals surface area (Å²) in [5.74, 6) is -0.426. The van der Waals surface area contributed by atoms with Gasteiger partial charge in [-0.25, -0.2) is 9.97 Å². The fourth-order valence-corrected chi connectivity index (χ4v) is 4.40. The number of nitrogens with one attached hydrogen (secondary N) is 3. The van der Waals surface area contributed by atoms with E-state index in [0.717, 1.165) is 55.1 Å². The van der Waals surface area contributed by atoms with Gasteiger partial charge in [0.25, 0.3) is 11.8 Å². The van der Waals surface area contributed by atoms with Gasteiger partial charge in [0.2, 0.25) is 5.95 Å². The first-order valence-electron chi connectivity index (χ1n) is 13.2. The SMILES string of the molecule is Cc1ccc(C(=O)NNC(=O)c2ccc(CN3CCN(C)CC3)cc2)cc1Nc1nccc(-c2cccnc2)n1. The van der Waals surface area contributed by atoms with Crippen LogP contribution >= 0.6 is 0 Å². The third-order valence-electron chi connectivity index (χ3n) is 6.87. The number of piperazine rings is 1. The molecule has 2 aromatic heterocycles. The molecule has 4 aromatic rings. The average molecular weight is 537 g/mol. The molecule has 0 spiro atoms. The van der Waals surface area contributed by atoms with Gasteiger partial charge in [-0.1, -0.05) is 18.2 Å². The summed E-state index contributed by atoms with van der Waals surface area (Å²) in [6, 6.07) is 18.3. The van der Waals surface area contributed by atoms with Gasteiger partial charge in [-0.15, -0.1) is 0 Å². The normalized spacial score (nSPS) is 13.9. The van der Waals surface area contributed by atoms with Gasteiger partial charge in [-0.2, -0.15) is 0 Å². The van der Waals surface area contributed by atoms with Gasteiger partial charge in [-0.05, 0) is 67.6 Å². The minimum Gasteiger partial charge on any atom is -0.324 e. The molecular weight excluding hydrogens is 504 g/mol. The number of anilines is 2. The molecule has 0 aliphatic carbocycles. The Morgan fingerprint density at radius 3 is 2.33 bits per heavy atom. The fourth-order valence-electron chi connectivity index (χ4n) is 4.40. The molecule has 2 aromatic carbocycles. The number of aryl methyl sites for hydroxylation is 1. The average Bonchev–Trinajstić information content (AvgIpc) is 2.99. The van der Waals surface area contributed by atoms with E-state index in [4.69, 9.17) is 0 Å². The third-order valence-corrected chi connectivity index (χ3v) is 6.87. The highest BCUT2D eigenvalue weighted by molar-refractivity contribution is 5.99. The number of hydrazine groups is 1. The molecule has 5 rings (SSSR count). The van der Waals surface area contributed by atoms with Crippen LogP contribution in [0.25, 0.3) is 11.3 Å². The lowest BCUT2D eigenvalue weighted by Gasteiger charge is -2.32. The van der Waals surface area contributed by atoms with Crippen molar-refractivity contribution in [1.29, 1.82) is 0 Å². The Morgan fingerprint density at radius 2 is 1.60 bits per heavy atom. The summed E-state index contributed by atoms with van der Waals surface area (Å²) < 4.78 is 0. The molecule has 0 unspecified atom stereocenters. The Hall–Kier alpha value is -4.67. The summed E-state index contributed by atoms with van der Waals surface area (Å²) in [4.78, 5) is 43.2. The summed E-state index contributed by atoms with van der Waals surface area (Å²) in [6.07, 6.45) is 5.11. The summed E-state index contributed by atoms with van der Waals surface area (Å²) in [5.41, 5.74) is 10.2. The number of aromatic nitrogens is 3. The zero-order chi connectivity index (χ0) is 27.9. The second-order valence-corrected chi connectivity index (χ2v) is 9.85. The predicted octanol–water partition coefficient (Wildman–Crippen LogP) is 3.41. The second-order valence-electron chi connectivity index (χ2n) is 9.85. The number of rotatable bonds is 7. The van der Waals surface area contributed by atoms with E-state index in [2.05, 4.69) is 48.0 Å². The number of carbonyl (C=O) groups excluding carboxylic acids is 2. The van der Waals surface area contributed by atoms with Crippen molar-refractivity contribution in [3.63, 3.8) is 0 Å². The standard InChI is InChI=1S/C30H32N8O2/c1-21-5-8-24(18-27(21)34-30-32-13-11-26(33-30)25-4-3-12-31-19-25)29(40)36-35-28(39)23-9-6-22(7-10-23)20-38-16-14-37(2)15-17-38/h3-13,18-19H,14-17,20H2,1-2H3,(H,35,39)(H,36,40)(H,32,33,34). The second kappa shape index (κ2) is 12.5. The van der Waals surface area contributed by atoms with Crippen molar-refractivity contribution in [3.8, 4) is 11.3 Å². The van der Waals surface area contributed by atoms with Gasteiger partial charge in [0.05, 0.1) is 5.69 Å². The minimum absolute atomic E-state index is 0.374. The lowest BCUT2D eigenvalue weighted by atomic mass is 10.1. The van der Waals surface area contributed by atoms with Crippen LogP contribution in [0.2, 0.25) is 0 Å². The zero-order valence-electron chi connectivity index (χ0n) is 22.6. The molecule has 0 atom stereocenters. The monoisotopic (exact) mass is 536 g/mol. The highest BCUT2D eigenvalue weighted by Crippen LogP contribution is 2.22.